The summed E-state index contributed by atoms with van der Waals surface area (Å²) < 4.78 is 13.0. The Bertz CT molecular complexity index is 366. The summed E-state index contributed by atoms with van der Waals surface area (Å²) in [7, 11) is 0. The maximum absolute atomic E-state index is 13.0. The van der Waals surface area contributed by atoms with Crippen LogP contribution in [-0.2, 0) is 6.42 Å². The number of aryl methyl sites for hydroxylation is 1. The molecule has 1 aromatic carbocycles. The summed E-state index contributed by atoms with van der Waals surface area (Å²) in [6, 6.07) is 4.59. The topological polar surface area (TPSA) is 52.5 Å². The SMILES string of the molecule is OCC(CO)NC1CCc2cc(F)ccc21. The minimum absolute atomic E-state index is 0.0937. The third-order valence-electron chi connectivity index (χ3n) is 3.06. The second-order valence-corrected chi connectivity index (χ2v) is 4.16. The van der Waals surface area contributed by atoms with Gasteiger partial charge in [-0.25, -0.2) is 4.39 Å². The summed E-state index contributed by atoms with van der Waals surface area (Å²) in [5, 5.41) is 21.2. The predicted octanol–water partition coefficient (Wildman–Crippen LogP) is 0.756. The van der Waals surface area contributed by atoms with Gasteiger partial charge >= 0.3 is 0 Å². The van der Waals surface area contributed by atoms with E-state index in [-0.39, 0.29) is 31.1 Å². The Morgan fingerprint density at radius 1 is 1.38 bits per heavy atom. The Morgan fingerprint density at radius 3 is 2.81 bits per heavy atom. The lowest BCUT2D eigenvalue weighted by atomic mass is 10.1. The van der Waals surface area contributed by atoms with Crippen LogP contribution in [0.25, 0.3) is 0 Å². The van der Waals surface area contributed by atoms with Gasteiger partial charge in [-0.15, -0.1) is 0 Å². The lowest BCUT2D eigenvalue weighted by molar-refractivity contribution is 0.162. The smallest absolute Gasteiger partial charge is 0.123 e. The summed E-state index contributed by atoms with van der Waals surface area (Å²) in [6.07, 6.45) is 1.73. The van der Waals surface area contributed by atoms with Crippen LogP contribution < -0.4 is 5.32 Å². The van der Waals surface area contributed by atoms with E-state index in [4.69, 9.17) is 10.2 Å². The highest BCUT2D eigenvalue weighted by Gasteiger charge is 2.24. The first-order valence-corrected chi connectivity index (χ1v) is 5.50. The van der Waals surface area contributed by atoms with Crippen LogP contribution in [0.5, 0.6) is 0 Å². The summed E-state index contributed by atoms with van der Waals surface area (Å²) >= 11 is 0. The minimum Gasteiger partial charge on any atom is -0.395 e. The van der Waals surface area contributed by atoms with Crippen molar-refractivity contribution in [1.29, 1.82) is 0 Å². The fourth-order valence-electron chi connectivity index (χ4n) is 2.21. The van der Waals surface area contributed by atoms with Gasteiger partial charge in [-0.3, -0.25) is 0 Å². The molecule has 1 unspecified atom stereocenters. The molecule has 0 saturated carbocycles. The molecule has 0 saturated heterocycles. The van der Waals surface area contributed by atoms with Crippen molar-refractivity contribution in [3.8, 4) is 0 Å². The molecule has 3 N–H and O–H groups in total. The van der Waals surface area contributed by atoms with Crippen molar-refractivity contribution in [1.82, 2.24) is 5.32 Å². The predicted molar refractivity (Wildman–Crippen MR) is 58.6 cm³/mol. The summed E-state index contributed by atoms with van der Waals surface area (Å²) in [5.74, 6) is -0.208. The van der Waals surface area contributed by atoms with Gasteiger partial charge in [0.25, 0.3) is 0 Å². The molecule has 3 nitrogen and oxygen atoms in total. The molecular formula is C12H16FNO2. The highest BCUT2D eigenvalue weighted by atomic mass is 19.1. The molecule has 0 amide bonds. The molecule has 1 atom stereocenters. The van der Waals surface area contributed by atoms with Gasteiger partial charge in [0.15, 0.2) is 0 Å². The molecule has 0 bridgehead atoms. The van der Waals surface area contributed by atoms with Gasteiger partial charge in [-0.1, -0.05) is 6.07 Å². The summed E-state index contributed by atoms with van der Waals surface area (Å²) in [4.78, 5) is 0. The largest absolute Gasteiger partial charge is 0.395 e. The number of hydrogen-bond donors (Lipinski definition) is 3. The van der Waals surface area contributed by atoms with Crippen LogP contribution in [0.4, 0.5) is 4.39 Å². The zero-order valence-electron chi connectivity index (χ0n) is 8.99. The van der Waals surface area contributed by atoms with Crippen LogP contribution in [0.3, 0.4) is 0 Å². The van der Waals surface area contributed by atoms with E-state index in [9.17, 15) is 4.39 Å². The average Bonchev–Trinajstić information content (AvgIpc) is 2.68. The Balaban J connectivity index is 2.11. The van der Waals surface area contributed by atoms with Crippen molar-refractivity contribution in [3.05, 3.63) is 35.1 Å². The first-order chi connectivity index (χ1) is 7.74. The molecule has 4 heteroatoms. The monoisotopic (exact) mass is 225 g/mol. The van der Waals surface area contributed by atoms with Crippen LogP contribution in [0.15, 0.2) is 18.2 Å². The molecule has 88 valence electrons. The number of benzene rings is 1. The van der Waals surface area contributed by atoms with Gasteiger partial charge in [0, 0.05) is 6.04 Å². The van der Waals surface area contributed by atoms with Crippen LogP contribution in [-0.4, -0.2) is 29.5 Å². The Hall–Kier alpha value is -0.970. The standard InChI is InChI=1S/C12H16FNO2/c13-9-2-3-11-8(5-9)1-4-12(11)14-10(6-15)7-16/h2-3,5,10,12,14-16H,1,4,6-7H2. The Labute approximate surface area is 93.9 Å². The maximum atomic E-state index is 13.0. The van der Waals surface area contributed by atoms with Gasteiger partial charge in [0.1, 0.15) is 5.82 Å². The van der Waals surface area contributed by atoms with Crippen LogP contribution >= 0.6 is 0 Å². The zero-order chi connectivity index (χ0) is 11.5. The molecular weight excluding hydrogens is 209 g/mol. The number of aliphatic hydroxyl groups is 2. The molecule has 0 fully saturated rings. The van der Waals surface area contributed by atoms with Crippen molar-refractivity contribution in [3.63, 3.8) is 0 Å². The molecule has 0 aromatic heterocycles. The molecule has 1 aliphatic carbocycles. The maximum Gasteiger partial charge on any atom is 0.123 e. The number of hydrogen-bond acceptors (Lipinski definition) is 3. The molecule has 0 radical (unpaired) electrons. The van der Waals surface area contributed by atoms with E-state index in [0.717, 1.165) is 24.0 Å². The molecule has 1 aromatic rings. The molecule has 1 aliphatic rings. The first-order valence-electron chi connectivity index (χ1n) is 5.50. The van der Waals surface area contributed by atoms with E-state index < -0.39 is 0 Å². The van der Waals surface area contributed by atoms with Crippen molar-refractivity contribution in [2.45, 2.75) is 24.9 Å². The van der Waals surface area contributed by atoms with Crippen LogP contribution in [0, 0.1) is 5.82 Å². The minimum atomic E-state index is -0.305. The van der Waals surface area contributed by atoms with Gasteiger partial charge in [0.2, 0.25) is 0 Å². The molecule has 16 heavy (non-hydrogen) atoms. The van der Waals surface area contributed by atoms with Crippen molar-refractivity contribution in [2.24, 2.45) is 0 Å². The van der Waals surface area contributed by atoms with E-state index in [2.05, 4.69) is 5.32 Å². The van der Waals surface area contributed by atoms with Gasteiger partial charge in [-0.05, 0) is 36.1 Å². The highest BCUT2D eigenvalue weighted by molar-refractivity contribution is 5.35. The van der Waals surface area contributed by atoms with Crippen LogP contribution in [0.1, 0.15) is 23.6 Å². The Kier molecular flexibility index (Phi) is 3.53. The summed E-state index contributed by atoms with van der Waals surface area (Å²) in [5.41, 5.74) is 2.10. The van der Waals surface area contributed by atoms with Crippen LogP contribution in [0.2, 0.25) is 0 Å². The summed E-state index contributed by atoms with van der Waals surface area (Å²) in [6.45, 7) is -0.187. The fraction of sp³-hybridized carbons (Fsp3) is 0.500. The number of rotatable bonds is 4. The van der Waals surface area contributed by atoms with E-state index in [0.29, 0.717) is 0 Å². The van der Waals surface area contributed by atoms with Crippen molar-refractivity contribution >= 4 is 0 Å². The van der Waals surface area contributed by atoms with Gasteiger partial charge in [0.05, 0.1) is 19.3 Å². The van der Waals surface area contributed by atoms with E-state index in [1.807, 2.05) is 0 Å². The van der Waals surface area contributed by atoms with Gasteiger partial charge in [-0.2, -0.15) is 0 Å². The molecule has 0 aliphatic heterocycles. The fourth-order valence-corrected chi connectivity index (χ4v) is 2.21. The second kappa shape index (κ2) is 4.91. The normalized spacial score (nSPS) is 19.1. The number of aliphatic hydroxyl groups excluding tert-OH is 2. The lowest BCUT2D eigenvalue weighted by Gasteiger charge is -2.20. The van der Waals surface area contributed by atoms with Crippen molar-refractivity contribution < 1.29 is 14.6 Å². The quantitative estimate of drug-likeness (QED) is 0.709. The molecule has 0 spiro atoms. The Morgan fingerprint density at radius 2 is 2.12 bits per heavy atom. The number of halogens is 1. The lowest BCUT2D eigenvalue weighted by Crippen LogP contribution is -2.37. The third kappa shape index (κ3) is 2.24. The number of nitrogens with one attached hydrogen (secondary N) is 1. The van der Waals surface area contributed by atoms with E-state index in [1.165, 1.54) is 6.07 Å². The third-order valence-corrected chi connectivity index (χ3v) is 3.06. The molecule has 2 rings (SSSR count). The van der Waals surface area contributed by atoms with E-state index in [1.54, 1.807) is 12.1 Å². The highest BCUT2D eigenvalue weighted by Crippen LogP contribution is 2.31. The zero-order valence-corrected chi connectivity index (χ0v) is 8.99. The van der Waals surface area contributed by atoms with Gasteiger partial charge < -0.3 is 15.5 Å². The van der Waals surface area contributed by atoms with Crippen molar-refractivity contribution in [2.75, 3.05) is 13.2 Å². The molecule has 0 heterocycles. The second-order valence-electron chi connectivity index (χ2n) is 4.16. The number of fused-ring (bicyclic) bond motifs is 1. The first kappa shape index (κ1) is 11.5. The average molecular weight is 225 g/mol. The van der Waals surface area contributed by atoms with E-state index >= 15 is 0 Å².